The van der Waals surface area contributed by atoms with Gasteiger partial charge in [0.2, 0.25) is 5.82 Å². The molecule has 0 aliphatic carbocycles. The van der Waals surface area contributed by atoms with E-state index in [2.05, 4.69) is 25.9 Å². The van der Waals surface area contributed by atoms with Crippen molar-refractivity contribution >= 4 is 11.3 Å². The van der Waals surface area contributed by atoms with Crippen LogP contribution in [0.5, 0.6) is 5.75 Å². The highest BCUT2D eigenvalue weighted by atomic mass is 16.5. The molecule has 0 radical (unpaired) electrons. The highest BCUT2D eigenvalue weighted by molar-refractivity contribution is 5.83. The number of methoxy groups -OCH3 is 1. The fourth-order valence-corrected chi connectivity index (χ4v) is 2.28. The molecule has 0 amide bonds. The van der Waals surface area contributed by atoms with Crippen molar-refractivity contribution < 1.29 is 4.74 Å². The summed E-state index contributed by atoms with van der Waals surface area (Å²) in [5.74, 6) is 1.01. The zero-order valence-corrected chi connectivity index (χ0v) is 12.9. The fraction of sp³-hybridized carbons (Fsp3) is 0.0588. The van der Waals surface area contributed by atoms with E-state index in [0.717, 1.165) is 22.6 Å². The molecule has 0 unspecified atom stereocenters. The average Bonchev–Trinajstić information content (AvgIpc) is 3.17. The van der Waals surface area contributed by atoms with Crippen molar-refractivity contribution in [3.63, 3.8) is 0 Å². The predicted molar refractivity (Wildman–Crippen MR) is 89.8 cm³/mol. The van der Waals surface area contributed by atoms with Crippen LogP contribution in [0.15, 0.2) is 54.7 Å². The van der Waals surface area contributed by atoms with E-state index in [1.165, 1.54) is 0 Å². The standard InChI is InChI=1S/C17H14N6O/c1-24-16-9-5-3-7-14(16)13-6-2-4-8-15(13)19-11-12(10-18)17-20-22-23-21-17/h2-9,11,19H,1H3,(H,20,21,22,23). The molecule has 3 rings (SSSR count). The first-order valence-corrected chi connectivity index (χ1v) is 7.16. The first-order chi connectivity index (χ1) is 11.8. The minimum Gasteiger partial charge on any atom is -0.496 e. The minimum atomic E-state index is 0.236. The molecule has 0 atom stereocenters. The molecule has 0 saturated carbocycles. The summed E-state index contributed by atoms with van der Waals surface area (Å²) in [6.07, 6.45) is 1.55. The molecule has 1 heterocycles. The predicted octanol–water partition coefficient (Wildman–Crippen LogP) is 2.85. The van der Waals surface area contributed by atoms with Crippen molar-refractivity contribution in [2.24, 2.45) is 0 Å². The summed E-state index contributed by atoms with van der Waals surface area (Å²) in [5.41, 5.74) is 3.02. The van der Waals surface area contributed by atoms with Gasteiger partial charge in [0.1, 0.15) is 17.4 Å². The SMILES string of the molecule is COc1ccccc1-c1ccccc1NC=C(C#N)c1nn[nH]n1. The van der Waals surface area contributed by atoms with Crippen LogP contribution in [0, 0.1) is 11.3 Å². The summed E-state index contributed by atoms with van der Waals surface area (Å²) in [6.45, 7) is 0. The summed E-state index contributed by atoms with van der Waals surface area (Å²) in [4.78, 5) is 0. The molecule has 2 aromatic carbocycles. The molecular weight excluding hydrogens is 304 g/mol. The van der Waals surface area contributed by atoms with Crippen LogP contribution < -0.4 is 10.1 Å². The largest absolute Gasteiger partial charge is 0.496 e. The Labute approximate surface area is 138 Å². The van der Waals surface area contributed by atoms with E-state index < -0.39 is 0 Å². The Hall–Kier alpha value is -3.66. The van der Waals surface area contributed by atoms with Crippen LogP contribution in [0.3, 0.4) is 0 Å². The molecule has 3 aromatic rings. The molecule has 0 saturated heterocycles. The van der Waals surface area contributed by atoms with Crippen molar-refractivity contribution in [2.75, 3.05) is 12.4 Å². The topological polar surface area (TPSA) is 99.5 Å². The zero-order valence-electron chi connectivity index (χ0n) is 12.9. The van der Waals surface area contributed by atoms with Crippen LogP contribution in [0.2, 0.25) is 0 Å². The lowest BCUT2D eigenvalue weighted by molar-refractivity contribution is 0.416. The number of allylic oxidation sites excluding steroid dienone is 1. The highest BCUT2D eigenvalue weighted by Gasteiger charge is 2.10. The van der Waals surface area contributed by atoms with E-state index in [4.69, 9.17) is 4.74 Å². The van der Waals surface area contributed by atoms with Crippen LogP contribution in [-0.2, 0) is 0 Å². The normalized spacial score (nSPS) is 10.9. The maximum Gasteiger partial charge on any atom is 0.216 e. The van der Waals surface area contributed by atoms with Gasteiger partial charge in [0, 0.05) is 23.0 Å². The number of ether oxygens (including phenoxy) is 1. The first-order valence-electron chi connectivity index (χ1n) is 7.16. The van der Waals surface area contributed by atoms with Gasteiger partial charge in [-0.05, 0) is 17.3 Å². The van der Waals surface area contributed by atoms with Crippen LogP contribution in [0.25, 0.3) is 16.7 Å². The zero-order chi connectivity index (χ0) is 16.8. The number of aromatic nitrogens is 4. The van der Waals surface area contributed by atoms with Crippen LogP contribution in [0.4, 0.5) is 5.69 Å². The number of hydrogen-bond acceptors (Lipinski definition) is 6. The number of aromatic amines is 1. The quantitative estimate of drug-likeness (QED) is 0.702. The van der Waals surface area contributed by atoms with Crippen molar-refractivity contribution in [3.8, 4) is 22.9 Å². The van der Waals surface area contributed by atoms with E-state index in [1.807, 2.05) is 54.6 Å². The third kappa shape index (κ3) is 3.08. The van der Waals surface area contributed by atoms with Crippen molar-refractivity contribution in [1.29, 1.82) is 5.26 Å². The van der Waals surface area contributed by atoms with Gasteiger partial charge in [-0.3, -0.25) is 0 Å². The molecule has 24 heavy (non-hydrogen) atoms. The Morgan fingerprint density at radius 2 is 1.92 bits per heavy atom. The van der Waals surface area contributed by atoms with Crippen molar-refractivity contribution in [2.45, 2.75) is 0 Å². The van der Waals surface area contributed by atoms with E-state index in [0.29, 0.717) is 0 Å². The second-order valence-electron chi connectivity index (χ2n) is 4.80. The molecule has 0 bridgehead atoms. The van der Waals surface area contributed by atoms with E-state index in [9.17, 15) is 5.26 Å². The Kier molecular flexibility index (Phi) is 4.49. The van der Waals surface area contributed by atoms with Gasteiger partial charge in [0.15, 0.2) is 0 Å². The Bertz CT molecular complexity index is 895. The first kappa shape index (κ1) is 15.2. The number of H-pyrrole nitrogens is 1. The fourth-order valence-electron chi connectivity index (χ4n) is 2.28. The Balaban J connectivity index is 1.97. The highest BCUT2D eigenvalue weighted by Crippen LogP contribution is 2.34. The Morgan fingerprint density at radius 3 is 2.62 bits per heavy atom. The number of tetrazole rings is 1. The van der Waals surface area contributed by atoms with Gasteiger partial charge in [-0.2, -0.15) is 10.5 Å². The summed E-state index contributed by atoms with van der Waals surface area (Å²) in [5, 5.41) is 25.8. The van der Waals surface area contributed by atoms with E-state index in [1.54, 1.807) is 13.3 Å². The van der Waals surface area contributed by atoms with E-state index in [-0.39, 0.29) is 11.4 Å². The monoisotopic (exact) mass is 318 g/mol. The van der Waals surface area contributed by atoms with Crippen LogP contribution in [-0.4, -0.2) is 27.7 Å². The van der Waals surface area contributed by atoms with Crippen LogP contribution >= 0.6 is 0 Å². The van der Waals surface area contributed by atoms with Gasteiger partial charge in [-0.1, -0.05) is 36.4 Å². The van der Waals surface area contributed by atoms with Gasteiger partial charge in [0.25, 0.3) is 0 Å². The number of anilines is 1. The summed E-state index contributed by atoms with van der Waals surface area (Å²) < 4.78 is 5.43. The Morgan fingerprint density at radius 1 is 1.17 bits per heavy atom. The molecule has 0 spiro atoms. The number of para-hydroxylation sites is 2. The van der Waals surface area contributed by atoms with Gasteiger partial charge in [-0.15, -0.1) is 10.2 Å². The second kappa shape index (κ2) is 7.07. The number of nitrogens with zero attached hydrogens (tertiary/aromatic N) is 4. The number of benzene rings is 2. The maximum atomic E-state index is 9.24. The molecule has 0 aliphatic rings. The summed E-state index contributed by atoms with van der Waals surface area (Å²) in [7, 11) is 1.64. The molecule has 118 valence electrons. The molecular formula is C17H14N6O. The van der Waals surface area contributed by atoms with Crippen molar-refractivity contribution in [1.82, 2.24) is 20.6 Å². The van der Waals surface area contributed by atoms with Gasteiger partial charge >= 0.3 is 0 Å². The number of hydrogen-bond donors (Lipinski definition) is 2. The lowest BCUT2D eigenvalue weighted by Crippen LogP contribution is -1.96. The van der Waals surface area contributed by atoms with E-state index >= 15 is 0 Å². The minimum absolute atomic E-state index is 0.236. The van der Waals surface area contributed by atoms with Gasteiger partial charge in [-0.25, -0.2) is 0 Å². The number of rotatable bonds is 5. The van der Waals surface area contributed by atoms with Crippen molar-refractivity contribution in [3.05, 3.63) is 60.6 Å². The lowest BCUT2D eigenvalue weighted by Gasteiger charge is -2.13. The second-order valence-corrected chi connectivity index (χ2v) is 4.80. The third-order valence-corrected chi connectivity index (χ3v) is 3.40. The molecule has 2 N–H and O–H groups in total. The summed E-state index contributed by atoms with van der Waals surface area (Å²) >= 11 is 0. The third-order valence-electron chi connectivity index (χ3n) is 3.40. The smallest absolute Gasteiger partial charge is 0.216 e. The number of nitrogens with one attached hydrogen (secondary N) is 2. The molecule has 0 fully saturated rings. The summed E-state index contributed by atoms with van der Waals surface area (Å²) in [6, 6.07) is 17.6. The molecule has 1 aromatic heterocycles. The maximum absolute atomic E-state index is 9.24. The molecule has 7 nitrogen and oxygen atoms in total. The molecule has 7 heteroatoms. The lowest BCUT2D eigenvalue weighted by atomic mass is 10.0. The average molecular weight is 318 g/mol. The van der Waals surface area contributed by atoms with Gasteiger partial charge < -0.3 is 10.1 Å². The molecule has 0 aliphatic heterocycles. The number of nitriles is 1. The van der Waals surface area contributed by atoms with Crippen LogP contribution in [0.1, 0.15) is 5.82 Å². The van der Waals surface area contributed by atoms with Gasteiger partial charge in [0.05, 0.1) is 7.11 Å².